The van der Waals surface area contributed by atoms with E-state index in [-0.39, 0.29) is 24.3 Å². The van der Waals surface area contributed by atoms with Gasteiger partial charge in [-0.05, 0) is 31.6 Å². The molecule has 3 unspecified atom stereocenters. The van der Waals surface area contributed by atoms with Crippen molar-refractivity contribution in [3.05, 3.63) is 12.2 Å². The monoisotopic (exact) mass is 267 g/mol. The molecular formula is C14H21NO4. The highest BCUT2D eigenvalue weighted by molar-refractivity contribution is 5.87. The lowest BCUT2D eigenvalue weighted by Crippen LogP contribution is -2.52. The number of carbonyl (C=O) groups excluding carboxylic acids is 1. The van der Waals surface area contributed by atoms with Crippen molar-refractivity contribution in [2.75, 3.05) is 6.61 Å². The van der Waals surface area contributed by atoms with Crippen molar-refractivity contribution in [2.45, 2.75) is 32.2 Å². The smallest absolute Gasteiger partial charge is 0.307 e. The molecule has 0 aromatic rings. The van der Waals surface area contributed by atoms with Gasteiger partial charge in [-0.2, -0.15) is 0 Å². The molecule has 2 aliphatic carbocycles. The van der Waals surface area contributed by atoms with Crippen molar-refractivity contribution in [3.63, 3.8) is 0 Å². The molecule has 0 saturated heterocycles. The molecule has 0 aromatic heterocycles. The first-order valence-electron chi connectivity index (χ1n) is 6.76. The Labute approximate surface area is 112 Å². The van der Waals surface area contributed by atoms with E-state index in [1.165, 1.54) is 0 Å². The maximum atomic E-state index is 12.4. The second kappa shape index (κ2) is 4.96. The average molecular weight is 267 g/mol. The summed E-state index contributed by atoms with van der Waals surface area (Å²) < 4.78 is 0. The molecule has 0 aromatic carbocycles. The minimum Gasteiger partial charge on any atom is -0.481 e. The molecule has 1 saturated carbocycles. The predicted molar refractivity (Wildman–Crippen MR) is 69.3 cm³/mol. The number of carboxylic acids is 1. The van der Waals surface area contributed by atoms with Crippen LogP contribution in [0.15, 0.2) is 12.2 Å². The van der Waals surface area contributed by atoms with E-state index in [1.807, 2.05) is 19.1 Å². The molecule has 5 atom stereocenters. The lowest BCUT2D eigenvalue weighted by molar-refractivity contribution is -0.148. The molecule has 2 rings (SSSR count). The molecule has 0 aliphatic heterocycles. The largest absolute Gasteiger partial charge is 0.481 e. The number of aliphatic hydroxyl groups is 1. The number of aliphatic carboxylic acids is 1. The number of rotatable bonds is 5. The summed E-state index contributed by atoms with van der Waals surface area (Å²) in [6.07, 6.45) is 5.22. The van der Waals surface area contributed by atoms with Crippen LogP contribution in [0.25, 0.3) is 0 Å². The fourth-order valence-electron chi connectivity index (χ4n) is 3.14. The Bertz CT molecular complexity index is 414. The average Bonchev–Trinajstić information content (AvgIpc) is 2.98. The van der Waals surface area contributed by atoms with Crippen LogP contribution >= 0.6 is 0 Å². The Kier molecular flexibility index (Phi) is 3.67. The molecule has 1 fully saturated rings. The molecule has 19 heavy (non-hydrogen) atoms. The first-order chi connectivity index (χ1) is 8.91. The van der Waals surface area contributed by atoms with E-state index in [2.05, 4.69) is 5.32 Å². The van der Waals surface area contributed by atoms with Crippen molar-refractivity contribution in [1.29, 1.82) is 0 Å². The Morgan fingerprint density at radius 2 is 1.89 bits per heavy atom. The number of amides is 1. The number of fused-ring (bicyclic) bond motifs is 2. The third kappa shape index (κ3) is 2.39. The van der Waals surface area contributed by atoms with E-state index in [9.17, 15) is 19.8 Å². The lowest BCUT2D eigenvalue weighted by Gasteiger charge is -2.31. The molecular weight excluding hydrogens is 246 g/mol. The summed E-state index contributed by atoms with van der Waals surface area (Å²) in [6.45, 7) is 3.50. The van der Waals surface area contributed by atoms with Crippen molar-refractivity contribution in [3.8, 4) is 0 Å². The molecule has 2 aliphatic rings. The Morgan fingerprint density at radius 1 is 1.32 bits per heavy atom. The summed E-state index contributed by atoms with van der Waals surface area (Å²) >= 11 is 0. The van der Waals surface area contributed by atoms with E-state index in [0.29, 0.717) is 6.42 Å². The Hall–Kier alpha value is -1.36. The first-order valence-corrected chi connectivity index (χ1v) is 6.76. The standard InChI is InChI=1S/C14H21NO4/c1-3-14(2,7-16)15-12(17)10-8-4-5-9(6-8)11(10)13(18)19/h4-5,8-11,16H,3,6-7H2,1-2H3,(H,15,17)(H,18,19)/t8?,9?,10-,11+,14?/m0/s1. The maximum Gasteiger partial charge on any atom is 0.307 e. The normalized spacial score (nSPS) is 35.1. The zero-order valence-corrected chi connectivity index (χ0v) is 11.3. The van der Waals surface area contributed by atoms with Crippen molar-refractivity contribution < 1.29 is 19.8 Å². The number of hydrogen-bond acceptors (Lipinski definition) is 3. The van der Waals surface area contributed by atoms with Crippen molar-refractivity contribution in [1.82, 2.24) is 5.32 Å². The molecule has 106 valence electrons. The van der Waals surface area contributed by atoms with Gasteiger partial charge in [0.25, 0.3) is 0 Å². The molecule has 0 heterocycles. The molecule has 2 bridgehead atoms. The van der Waals surface area contributed by atoms with Crippen molar-refractivity contribution >= 4 is 11.9 Å². The van der Waals surface area contributed by atoms with E-state index < -0.39 is 23.3 Å². The van der Waals surface area contributed by atoms with Crippen LogP contribution in [0.2, 0.25) is 0 Å². The summed E-state index contributed by atoms with van der Waals surface area (Å²) in [5, 5.41) is 21.5. The van der Waals surface area contributed by atoms with Crippen LogP contribution in [0.5, 0.6) is 0 Å². The summed E-state index contributed by atoms with van der Waals surface area (Å²) in [7, 11) is 0. The molecule has 0 spiro atoms. The zero-order chi connectivity index (χ0) is 14.2. The summed E-state index contributed by atoms with van der Waals surface area (Å²) in [5.41, 5.74) is -0.675. The third-order valence-corrected chi connectivity index (χ3v) is 4.60. The molecule has 1 amide bonds. The van der Waals surface area contributed by atoms with Crippen LogP contribution in [-0.2, 0) is 9.59 Å². The van der Waals surface area contributed by atoms with Crippen molar-refractivity contribution in [2.24, 2.45) is 23.7 Å². The van der Waals surface area contributed by atoms with Gasteiger partial charge < -0.3 is 15.5 Å². The minimum absolute atomic E-state index is 0.0194. The maximum absolute atomic E-state index is 12.4. The molecule has 0 radical (unpaired) electrons. The number of nitrogens with one attached hydrogen (secondary N) is 1. The topological polar surface area (TPSA) is 86.6 Å². The highest BCUT2D eigenvalue weighted by Crippen LogP contribution is 2.48. The lowest BCUT2D eigenvalue weighted by atomic mass is 9.81. The van der Waals surface area contributed by atoms with Gasteiger partial charge in [0.1, 0.15) is 0 Å². The number of carboxylic acid groups (broad SMARTS) is 1. The molecule has 3 N–H and O–H groups in total. The minimum atomic E-state index is -0.904. The van der Waals surface area contributed by atoms with Crippen LogP contribution < -0.4 is 5.32 Å². The Morgan fingerprint density at radius 3 is 2.37 bits per heavy atom. The second-order valence-electron chi connectivity index (χ2n) is 5.90. The van der Waals surface area contributed by atoms with Gasteiger partial charge in [0.15, 0.2) is 0 Å². The van der Waals surface area contributed by atoms with E-state index in [4.69, 9.17) is 0 Å². The molecule has 5 heteroatoms. The number of carbonyl (C=O) groups is 2. The first kappa shape index (κ1) is 14.1. The summed E-state index contributed by atoms with van der Waals surface area (Å²) in [4.78, 5) is 23.7. The Balaban J connectivity index is 2.14. The molecule has 5 nitrogen and oxygen atoms in total. The van der Waals surface area contributed by atoms with Gasteiger partial charge in [0.05, 0.1) is 24.0 Å². The predicted octanol–water partition coefficient (Wildman–Crippen LogP) is 0.787. The van der Waals surface area contributed by atoms with E-state index in [1.54, 1.807) is 6.92 Å². The SMILES string of the molecule is CCC(C)(CO)NC(=O)[C@H]1C2C=CC(C2)[C@H]1C(=O)O. The van der Waals surface area contributed by atoms with Gasteiger partial charge >= 0.3 is 5.97 Å². The van der Waals surface area contributed by atoms with Crippen LogP contribution in [-0.4, -0.2) is 34.2 Å². The fourth-order valence-corrected chi connectivity index (χ4v) is 3.14. The van der Waals surface area contributed by atoms with Crippen LogP contribution in [0, 0.1) is 23.7 Å². The highest BCUT2D eigenvalue weighted by Gasteiger charge is 2.52. The third-order valence-electron chi connectivity index (χ3n) is 4.60. The summed E-state index contributed by atoms with van der Waals surface area (Å²) in [5.74, 6) is -2.30. The second-order valence-corrected chi connectivity index (χ2v) is 5.90. The van der Waals surface area contributed by atoms with Gasteiger partial charge in [-0.15, -0.1) is 0 Å². The van der Waals surface area contributed by atoms with Gasteiger partial charge in [0, 0.05) is 0 Å². The zero-order valence-electron chi connectivity index (χ0n) is 11.3. The number of aliphatic hydroxyl groups excluding tert-OH is 1. The van der Waals surface area contributed by atoms with Crippen LogP contribution in [0.4, 0.5) is 0 Å². The number of allylic oxidation sites excluding steroid dienone is 2. The fraction of sp³-hybridized carbons (Fsp3) is 0.714. The van der Waals surface area contributed by atoms with Crippen LogP contribution in [0.1, 0.15) is 26.7 Å². The van der Waals surface area contributed by atoms with Gasteiger partial charge in [-0.1, -0.05) is 19.1 Å². The van der Waals surface area contributed by atoms with Gasteiger partial charge in [-0.3, -0.25) is 9.59 Å². The van der Waals surface area contributed by atoms with Gasteiger partial charge in [0.2, 0.25) is 5.91 Å². The van der Waals surface area contributed by atoms with Crippen LogP contribution in [0.3, 0.4) is 0 Å². The highest BCUT2D eigenvalue weighted by atomic mass is 16.4. The van der Waals surface area contributed by atoms with E-state index >= 15 is 0 Å². The van der Waals surface area contributed by atoms with Gasteiger partial charge in [-0.25, -0.2) is 0 Å². The van der Waals surface area contributed by atoms with E-state index in [0.717, 1.165) is 6.42 Å². The summed E-state index contributed by atoms with van der Waals surface area (Å²) in [6, 6.07) is 0. The quantitative estimate of drug-likeness (QED) is 0.643. The number of hydrogen-bond donors (Lipinski definition) is 3.